The molecule has 4 rings (SSSR count). The highest BCUT2D eigenvalue weighted by Crippen LogP contribution is 2.32. The van der Waals surface area contributed by atoms with Gasteiger partial charge < -0.3 is 25.8 Å². The Balaban J connectivity index is 1.36. The van der Waals surface area contributed by atoms with Gasteiger partial charge in [-0.15, -0.1) is 0 Å². The lowest BCUT2D eigenvalue weighted by Crippen LogP contribution is -2.39. The van der Waals surface area contributed by atoms with Gasteiger partial charge >= 0.3 is 5.97 Å². The first-order valence-corrected chi connectivity index (χ1v) is 12.2. The molecule has 1 saturated heterocycles. The van der Waals surface area contributed by atoms with Gasteiger partial charge in [-0.1, -0.05) is 23.7 Å². The first kappa shape index (κ1) is 23.8. The lowest BCUT2D eigenvalue weighted by Gasteiger charge is -2.29. The van der Waals surface area contributed by atoms with Crippen LogP contribution >= 0.6 is 11.6 Å². The topological polar surface area (TPSA) is 95.5 Å². The van der Waals surface area contributed by atoms with Crippen LogP contribution in [0.5, 0.6) is 0 Å². The maximum atomic E-state index is 10.8. The molecule has 178 valence electrons. The molecule has 0 radical (unpaired) electrons. The third kappa shape index (κ3) is 7.06. The van der Waals surface area contributed by atoms with E-state index >= 15 is 0 Å². The summed E-state index contributed by atoms with van der Waals surface area (Å²) in [6.45, 7) is 2.69. The highest BCUT2D eigenvalue weighted by molar-refractivity contribution is 6.33. The second kappa shape index (κ2) is 11.7. The van der Waals surface area contributed by atoms with E-state index in [0.29, 0.717) is 17.0 Å². The number of nitrogens with one attached hydrogen (secondary N) is 3. The Morgan fingerprint density at radius 3 is 2.61 bits per heavy atom. The fraction of sp³-hybridized carbons (Fsp3) is 0.520. The van der Waals surface area contributed by atoms with Crippen LogP contribution in [0.15, 0.2) is 36.5 Å². The molecule has 33 heavy (non-hydrogen) atoms. The van der Waals surface area contributed by atoms with Crippen LogP contribution in [0, 0.1) is 5.92 Å². The van der Waals surface area contributed by atoms with Crippen molar-refractivity contribution in [3.63, 3.8) is 0 Å². The van der Waals surface area contributed by atoms with Gasteiger partial charge in [0, 0.05) is 49.3 Å². The molecule has 1 aromatic carbocycles. The van der Waals surface area contributed by atoms with Gasteiger partial charge in [0.15, 0.2) is 0 Å². The zero-order valence-electron chi connectivity index (χ0n) is 18.9. The summed E-state index contributed by atoms with van der Waals surface area (Å²) in [5.41, 5.74) is 3.11. The Kier molecular flexibility index (Phi) is 8.42. The van der Waals surface area contributed by atoms with Crippen molar-refractivity contribution in [2.45, 2.75) is 50.6 Å². The fourth-order valence-corrected chi connectivity index (χ4v) is 4.84. The minimum absolute atomic E-state index is 0.0217. The van der Waals surface area contributed by atoms with Gasteiger partial charge in [0.2, 0.25) is 0 Å². The van der Waals surface area contributed by atoms with E-state index in [4.69, 9.17) is 21.4 Å². The van der Waals surface area contributed by atoms with Gasteiger partial charge in [0.25, 0.3) is 0 Å². The standard InChI is InChI=1S/C25H33ClN4O3/c26-23-15-29-24(30-20-6-4-19(5-7-20)28-16-25(31)32)13-22(23)18-2-1-3-21(12-18)27-14-17-8-10-33-11-9-17/h1-3,12-13,15,17,19-20,27-28H,4-11,14,16H2,(H,29,30)(H,31,32)/t19-,20-. The molecule has 0 unspecified atom stereocenters. The minimum Gasteiger partial charge on any atom is -0.480 e. The summed E-state index contributed by atoms with van der Waals surface area (Å²) >= 11 is 6.52. The van der Waals surface area contributed by atoms with Crippen LogP contribution in [0.2, 0.25) is 5.02 Å². The van der Waals surface area contributed by atoms with Crippen molar-refractivity contribution >= 4 is 29.1 Å². The number of rotatable bonds is 9. The quantitative estimate of drug-likeness (QED) is 0.422. The molecule has 4 N–H and O–H groups in total. The molecule has 2 fully saturated rings. The highest BCUT2D eigenvalue weighted by atomic mass is 35.5. The second-order valence-corrected chi connectivity index (χ2v) is 9.44. The number of halogens is 1. The summed E-state index contributed by atoms with van der Waals surface area (Å²) in [6.07, 6.45) is 7.77. The van der Waals surface area contributed by atoms with Crippen LogP contribution in [-0.2, 0) is 9.53 Å². The predicted octanol–water partition coefficient (Wildman–Crippen LogP) is 4.64. The molecule has 1 saturated carbocycles. The van der Waals surface area contributed by atoms with Crippen molar-refractivity contribution in [1.29, 1.82) is 0 Å². The lowest BCUT2D eigenvalue weighted by atomic mass is 9.91. The molecule has 0 spiro atoms. The normalized spacial score (nSPS) is 21.5. The van der Waals surface area contributed by atoms with E-state index in [2.05, 4.69) is 45.2 Å². The largest absolute Gasteiger partial charge is 0.480 e. The van der Waals surface area contributed by atoms with E-state index < -0.39 is 5.97 Å². The Labute approximate surface area is 200 Å². The summed E-state index contributed by atoms with van der Waals surface area (Å²) in [7, 11) is 0. The molecule has 2 aliphatic rings. The molecular weight excluding hydrogens is 440 g/mol. The zero-order valence-corrected chi connectivity index (χ0v) is 19.6. The van der Waals surface area contributed by atoms with Gasteiger partial charge in [-0.05, 0) is 68.2 Å². The van der Waals surface area contributed by atoms with Crippen LogP contribution in [-0.4, -0.2) is 54.4 Å². The van der Waals surface area contributed by atoms with Gasteiger partial charge in [-0.2, -0.15) is 0 Å². The molecule has 7 nitrogen and oxygen atoms in total. The molecule has 1 aromatic heterocycles. The van der Waals surface area contributed by atoms with Crippen LogP contribution in [0.4, 0.5) is 11.5 Å². The first-order chi connectivity index (χ1) is 16.1. The van der Waals surface area contributed by atoms with Crippen LogP contribution < -0.4 is 16.0 Å². The summed E-state index contributed by atoms with van der Waals surface area (Å²) in [5, 5.41) is 19.7. The maximum Gasteiger partial charge on any atom is 0.317 e. The van der Waals surface area contributed by atoms with E-state index in [0.717, 1.165) is 80.9 Å². The van der Waals surface area contributed by atoms with Crippen molar-refractivity contribution in [2.24, 2.45) is 5.92 Å². The lowest BCUT2D eigenvalue weighted by molar-refractivity contribution is -0.136. The second-order valence-electron chi connectivity index (χ2n) is 9.03. The monoisotopic (exact) mass is 472 g/mol. The molecule has 0 atom stereocenters. The van der Waals surface area contributed by atoms with Crippen LogP contribution in [0.3, 0.4) is 0 Å². The summed E-state index contributed by atoms with van der Waals surface area (Å²) in [4.78, 5) is 15.2. The SMILES string of the molecule is O=C(O)CN[C@H]1CC[C@H](Nc2cc(-c3cccc(NCC4CCOCC4)c3)c(Cl)cn2)CC1. The molecule has 1 aliphatic heterocycles. The number of nitrogens with zero attached hydrogens (tertiary/aromatic N) is 1. The van der Waals surface area contributed by atoms with Crippen molar-refractivity contribution in [1.82, 2.24) is 10.3 Å². The average molecular weight is 473 g/mol. The average Bonchev–Trinajstić information content (AvgIpc) is 2.84. The number of pyridine rings is 1. The number of aliphatic carboxylic acids is 1. The van der Waals surface area contributed by atoms with E-state index in [1.54, 1.807) is 6.20 Å². The fourth-order valence-electron chi connectivity index (χ4n) is 4.63. The smallest absolute Gasteiger partial charge is 0.317 e. The molecule has 8 heteroatoms. The zero-order chi connectivity index (χ0) is 23.0. The van der Waals surface area contributed by atoms with Crippen LogP contribution in [0.25, 0.3) is 11.1 Å². The number of aromatic nitrogens is 1. The highest BCUT2D eigenvalue weighted by Gasteiger charge is 2.22. The number of anilines is 2. The molecule has 0 bridgehead atoms. The Hall–Kier alpha value is -2.35. The minimum atomic E-state index is -0.809. The van der Waals surface area contributed by atoms with Crippen LogP contribution in [0.1, 0.15) is 38.5 Å². The Morgan fingerprint density at radius 2 is 1.85 bits per heavy atom. The third-order valence-corrected chi connectivity index (χ3v) is 6.89. The molecular formula is C25H33ClN4O3. The predicted molar refractivity (Wildman–Crippen MR) is 132 cm³/mol. The third-order valence-electron chi connectivity index (χ3n) is 6.59. The van der Waals surface area contributed by atoms with Gasteiger partial charge in [-0.25, -0.2) is 4.98 Å². The van der Waals surface area contributed by atoms with Crippen molar-refractivity contribution in [3.05, 3.63) is 41.6 Å². The van der Waals surface area contributed by atoms with Gasteiger partial charge in [-0.3, -0.25) is 4.79 Å². The molecule has 2 heterocycles. The van der Waals surface area contributed by atoms with E-state index in [9.17, 15) is 4.79 Å². The van der Waals surface area contributed by atoms with Crippen molar-refractivity contribution < 1.29 is 14.6 Å². The number of carboxylic acid groups (broad SMARTS) is 1. The Morgan fingerprint density at radius 1 is 1.09 bits per heavy atom. The van der Waals surface area contributed by atoms with E-state index in [1.165, 1.54) is 0 Å². The van der Waals surface area contributed by atoms with Gasteiger partial charge in [0.05, 0.1) is 11.6 Å². The van der Waals surface area contributed by atoms with E-state index in [1.807, 2.05) is 6.07 Å². The van der Waals surface area contributed by atoms with E-state index in [-0.39, 0.29) is 12.6 Å². The summed E-state index contributed by atoms with van der Waals surface area (Å²) in [6, 6.07) is 11.0. The number of hydrogen-bond acceptors (Lipinski definition) is 6. The molecule has 0 amide bonds. The molecule has 1 aliphatic carbocycles. The number of carboxylic acids is 1. The summed E-state index contributed by atoms with van der Waals surface area (Å²) < 4.78 is 5.45. The number of benzene rings is 1. The number of hydrogen-bond donors (Lipinski definition) is 4. The van der Waals surface area contributed by atoms with Crippen molar-refractivity contribution in [2.75, 3.05) is 36.9 Å². The summed E-state index contributed by atoms with van der Waals surface area (Å²) in [5.74, 6) is 0.657. The number of carbonyl (C=O) groups is 1. The first-order valence-electron chi connectivity index (χ1n) is 11.9. The number of ether oxygens (including phenoxy) is 1. The molecule has 2 aromatic rings. The Bertz CT molecular complexity index is 928. The van der Waals surface area contributed by atoms with Gasteiger partial charge in [0.1, 0.15) is 5.82 Å². The van der Waals surface area contributed by atoms with Crippen molar-refractivity contribution in [3.8, 4) is 11.1 Å². The maximum absolute atomic E-state index is 10.8.